The van der Waals surface area contributed by atoms with Crippen molar-refractivity contribution >= 4 is 5.78 Å². The fourth-order valence-corrected chi connectivity index (χ4v) is 3.15. The molecule has 1 aromatic rings. The Labute approximate surface area is 120 Å². The zero-order chi connectivity index (χ0) is 14.7. The fraction of sp³-hybridized carbons (Fsp3) is 0.529. The number of hydrogen-bond donors (Lipinski definition) is 0. The molecule has 1 aliphatic rings. The molecule has 2 rings (SSSR count). The zero-order valence-electron chi connectivity index (χ0n) is 12.3. The molecule has 1 aromatic carbocycles. The maximum Gasteiger partial charge on any atom is 0.157 e. The van der Waals surface area contributed by atoms with Gasteiger partial charge in [-0.15, -0.1) is 0 Å². The summed E-state index contributed by atoms with van der Waals surface area (Å²) < 4.78 is 5.32. The van der Waals surface area contributed by atoms with Crippen LogP contribution in [0.1, 0.15) is 43.2 Å². The van der Waals surface area contributed by atoms with Crippen LogP contribution in [0.5, 0.6) is 5.75 Å². The van der Waals surface area contributed by atoms with Gasteiger partial charge in [-0.2, -0.15) is 5.26 Å². The number of ether oxygens (including phenoxy) is 1. The van der Waals surface area contributed by atoms with Crippen LogP contribution >= 0.6 is 0 Å². The molecule has 0 bridgehead atoms. The molecule has 106 valence electrons. The number of methoxy groups -OCH3 is 1. The summed E-state index contributed by atoms with van der Waals surface area (Å²) in [6, 6.07) is 7.84. The zero-order valence-corrected chi connectivity index (χ0v) is 12.3. The van der Waals surface area contributed by atoms with Crippen molar-refractivity contribution < 1.29 is 9.53 Å². The first-order valence-electron chi connectivity index (χ1n) is 7.16. The van der Waals surface area contributed by atoms with E-state index < -0.39 is 5.92 Å². The van der Waals surface area contributed by atoms with Crippen LogP contribution in [0.4, 0.5) is 0 Å². The van der Waals surface area contributed by atoms with Crippen molar-refractivity contribution in [3.05, 3.63) is 29.3 Å². The number of aryl methyl sites for hydroxylation is 1. The van der Waals surface area contributed by atoms with Crippen molar-refractivity contribution in [3.63, 3.8) is 0 Å². The molecule has 3 nitrogen and oxygen atoms in total. The molecule has 0 saturated heterocycles. The molecule has 1 saturated carbocycles. The summed E-state index contributed by atoms with van der Waals surface area (Å²) in [7, 11) is 1.57. The highest BCUT2D eigenvalue weighted by atomic mass is 16.5. The normalized spacial score (nSPS) is 23.1. The molecule has 0 aromatic heterocycles. The lowest BCUT2D eigenvalue weighted by Gasteiger charge is -2.19. The molecule has 3 unspecified atom stereocenters. The summed E-state index contributed by atoms with van der Waals surface area (Å²) in [5.41, 5.74) is 1.74. The Morgan fingerprint density at radius 2 is 2.20 bits per heavy atom. The number of carbonyl (C=O) groups excluding carboxylic acids is 1. The molecule has 0 N–H and O–H groups in total. The van der Waals surface area contributed by atoms with Gasteiger partial charge in [0.2, 0.25) is 0 Å². The van der Waals surface area contributed by atoms with E-state index in [-0.39, 0.29) is 11.7 Å². The number of carbonyl (C=O) groups is 1. The third-order valence-electron chi connectivity index (χ3n) is 4.34. The van der Waals surface area contributed by atoms with Crippen LogP contribution in [-0.2, 0) is 4.79 Å². The Morgan fingerprint density at radius 1 is 1.45 bits per heavy atom. The standard InChI is InChI=1S/C17H21NO2/c1-11-7-8-16(20-3)14(9-11)15(10-18)17(19)13-6-4-5-12(13)2/h7-9,12-13,15H,4-6H2,1-3H3. The van der Waals surface area contributed by atoms with Gasteiger partial charge >= 0.3 is 0 Å². The average molecular weight is 271 g/mol. The Balaban J connectivity index is 2.35. The summed E-state index contributed by atoms with van der Waals surface area (Å²) >= 11 is 0. The minimum atomic E-state index is -0.713. The van der Waals surface area contributed by atoms with Crippen LogP contribution in [-0.4, -0.2) is 12.9 Å². The van der Waals surface area contributed by atoms with Crippen LogP contribution < -0.4 is 4.74 Å². The van der Waals surface area contributed by atoms with E-state index in [0.717, 1.165) is 24.8 Å². The van der Waals surface area contributed by atoms with Crippen LogP contribution in [0.15, 0.2) is 18.2 Å². The van der Waals surface area contributed by atoms with Gasteiger partial charge in [-0.3, -0.25) is 4.79 Å². The third-order valence-corrected chi connectivity index (χ3v) is 4.34. The quantitative estimate of drug-likeness (QED) is 0.840. The minimum Gasteiger partial charge on any atom is -0.496 e. The van der Waals surface area contributed by atoms with Gasteiger partial charge in [0.05, 0.1) is 13.2 Å². The number of benzene rings is 1. The maximum atomic E-state index is 12.7. The summed E-state index contributed by atoms with van der Waals surface area (Å²) in [4.78, 5) is 12.7. The molecule has 0 amide bonds. The molecule has 1 fully saturated rings. The summed E-state index contributed by atoms with van der Waals surface area (Å²) in [5.74, 6) is 0.372. The summed E-state index contributed by atoms with van der Waals surface area (Å²) in [6.45, 7) is 4.07. The van der Waals surface area contributed by atoms with E-state index in [4.69, 9.17) is 4.74 Å². The van der Waals surface area contributed by atoms with Crippen LogP contribution in [0, 0.1) is 30.1 Å². The van der Waals surface area contributed by atoms with Crippen molar-refractivity contribution in [2.24, 2.45) is 11.8 Å². The number of nitriles is 1. The van der Waals surface area contributed by atoms with Crippen molar-refractivity contribution in [2.45, 2.75) is 39.0 Å². The van der Waals surface area contributed by atoms with Gasteiger partial charge in [-0.25, -0.2) is 0 Å². The predicted molar refractivity (Wildman–Crippen MR) is 77.6 cm³/mol. The van der Waals surface area contributed by atoms with E-state index in [2.05, 4.69) is 13.0 Å². The fourth-order valence-electron chi connectivity index (χ4n) is 3.15. The maximum absolute atomic E-state index is 12.7. The van der Waals surface area contributed by atoms with E-state index in [1.165, 1.54) is 0 Å². The van der Waals surface area contributed by atoms with Crippen LogP contribution in [0.3, 0.4) is 0 Å². The SMILES string of the molecule is COc1ccc(C)cc1C(C#N)C(=O)C1CCCC1C. The summed E-state index contributed by atoms with van der Waals surface area (Å²) in [6.07, 6.45) is 3.08. The van der Waals surface area contributed by atoms with E-state index >= 15 is 0 Å². The number of ketones is 1. The number of nitrogens with zero attached hydrogens (tertiary/aromatic N) is 1. The first-order valence-corrected chi connectivity index (χ1v) is 7.16. The third kappa shape index (κ3) is 2.70. The largest absolute Gasteiger partial charge is 0.496 e. The second-order valence-electron chi connectivity index (χ2n) is 5.72. The lowest BCUT2D eigenvalue weighted by molar-refractivity contribution is -0.124. The van der Waals surface area contributed by atoms with Gasteiger partial charge in [-0.1, -0.05) is 31.0 Å². The van der Waals surface area contributed by atoms with Gasteiger partial charge in [0.15, 0.2) is 5.78 Å². The lowest BCUT2D eigenvalue weighted by Crippen LogP contribution is -2.23. The minimum absolute atomic E-state index is 0.0184. The summed E-state index contributed by atoms with van der Waals surface area (Å²) in [5, 5.41) is 9.48. The highest BCUT2D eigenvalue weighted by molar-refractivity contribution is 5.91. The lowest BCUT2D eigenvalue weighted by atomic mass is 9.83. The Bertz CT molecular complexity index is 544. The molecular weight excluding hydrogens is 250 g/mol. The van der Waals surface area contributed by atoms with Gasteiger partial charge in [0, 0.05) is 11.5 Å². The first-order chi connectivity index (χ1) is 9.58. The molecular formula is C17H21NO2. The smallest absolute Gasteiger partial charge is 0.157 e. The number of rotatable bonds is 4. The number of Topliss-reactive ketones (excluding diaryl/α,β-unsaturated/α-hetero) is 1. The van der Waals surface area contributed by atoms with Crippen LogP contribution in [0.25, 0.3) is 0 Å². The molecule has 1 aliphatic carbocycles. The van der Waals surface area contributed by atoms with Gasteiger partial charge in [-0.05, 0) is 31.7 Å². The average Bonchev–Trinajstić information content (AvgIpc) is 2.86. The van der Waals surface area contributed by atoms with E-state index in [9.17, 15) is 10.1 Å². The molecule has 3 heteroatoms. The highest BCUT2D eigenvalue weighted by Crippen LogP contribution is 2.37. The topological polar surface area (TPSA) is 50.1 Å². The van der Waals surface area contributed by atoms with Crippen molar-refractivity contribution in [1.82, 2.24) is 0 Å². The second kappa shape index (κ2) is 6.09. The van der Waals surface area contributed by atoms with E-state index in [1.54, 1.807) is 7.11 Å². The van der Waals surface area contributed by atoms with Crippen LogP contribution in [0.2, 0.25) is 0 Å². The first kappa shape index (κ1) is 14.6. The Kier molecular flexibility index (Phi) is 4.44. The highest BCUT2D eigenvalue weighted by Gasteiger charge is 2.35. The van der Waals surface area contributed by atoms with Gasteiger partial charge < -0.3 is 4.74 Å². The Hall–Kier alpha value is -1.82. The van der Waals surface area contributed by atoms with Crippen molar-refractivity contribution in [3.8, 4) is 11.8 Å². The molecule has 0 aliphatic heterocycles. The van der Waals surface area contributed by atoms with Crippen molar-refractivity contribution in [1.29, 1.82) is 5.26 Å². The molecule has 20 heavy (non-hydrogen) atoms. The monoisotopic (exact) mass is 271 g/mol. The van der Waals surface area contributed by atoms with Crippen molar-refractivity contribution in [2.75, 3.05) is 7.11 Å². The van der Waals surface area contributed by atoms with E-state index in [1.807, 2.05) is 25.1 Å². The second-order valence-corrected chi connectivity index (χ2v) is 5.72. The predicted octanol–water partition coefficient (Wildman–Crippen LogP) is 3.62. The number of hydrogen-bond acceptors (Lipinski definition) is 3. The molecule has 0 radical (unpaired) electrons. The molecule has 0 heterocycles. The van der Waals surface area contributed by atoms with E-state index in [0.29, 0.717) is 17.2 Å². The van der Waals surface area contributed by atoms with Gasteiger partial charge in [0.1, 0.15) is 11.7 Å². The Morgan fingerprint density at radius 3 is 2.75 bits per heavy atom. The molecule has 0 spiro atoms. The molecule has 3 atom stereocenters. The van der Waals surface area contributed by atoms with Gasteiger partial charge in [0.25, 0.3) is 0 Å².